The van der Waals surface area contributed by atoms with Crippen molar-refractivity contribution in [2.45, 2.75) is 39.8 Å². The highest BCUT2D eigenvalue weighted by molar-refractivity contribution is 7.15. The Kier molecular flexibility index (Phi) is 5.10. The third kappa shape index (κ3) is 3.88. The van der Waals surface area contributed by atoms with Gasteiger partial charge in [0.05, 0.1) is 11.7 Å². The molecule has 0 aromatic carbocycles. The van der Waals surface area contributed by atoms with Crippen LogP contribution in [0.25, 0.3) is 0 Å². The van der Waals surface area contributed by atoms with Crippen LogP contribution in [0.15, 0.2) is 36.7 Å². The van der Waals surface area contributed by atoms with Gasteiger partial charge in [-0.1, -0.05) is 11.3 Å². The van der Waals surface area contributed by atoms with Crippen LogP contribution >= 0.6 is 11.3 Å². The summed E-state index contributed by atoms with van der Waals surface area (Å²) >= 11 is 1.45. The molecule has 0 bridgehead atoms. The first kappa shape index (κ1) is 19.2. The lowest BCUT2D eigenvalue weighted by molar-refractivity contribution is 0.506. The van der Waals surface area contributed by atoms with Crippen LogP contribution in [0.3, 0.4) is 0 Å². The Morgan fingerprint density at radius 3 is 2.66 bits per heavy atom. The van der Waals surface area contributed by atoms with E-state index >= 15 is 0 Å². The minimum atomic E-state index is -0.350. The van der Waals surface area contributed by atoms with Crippen LogP contribution in [0.2, 0.25) is 0 Å². The normalized spacial score (nSPS) is 13.4. The van der Waals surface area contributed by atoms with Crippen LogP contribution < -0.4 is 5.32 Å². The third-order valence-electron chi connectivity index (χ3n) is 4.63. The largest absolute Gasteiger partial charge is 0.313 e. The molecule has 0 saturated carbocycles. The summed E-state index contributed by atoms with van der Waals surface area (Å²) in [5.41, 5.74) is 2.40. The van der Waals surface area contributed by atoms with Crippen molar-refractivity contribution in [3.8, 4) is 0 Å². The maximum Gasteiger partial charge on any atom is 0.211 e. The van der Waals surface area contributed by atoms with Gasteiger partial charge in [0, 0.05) is 24.2 Å². The molecule has 1 N–H and O–H groups in total. The molecule has 4 rings (SSSR count). The van der Waals surface area contributed by atoms with Crippen molar-refractivity contribution in [3.63, 3.8) is 0 Å². The summed E-state index contributed by atoms with van der Waals surface area (Å²) in [5.74, 6) is 0.256. The highest BCUT2D eigenvalue weighted by Crippen LogP contribution is 2.27. The van der Waals surface area contributed by atoms with Gasteiger partial charge in [-0.15, -0.1) is 10.2 Å². The number of aryl methyl sites for hydroxylation is 2. The van der Waals surface area contributed by atoms with E-state index in [2.05, 4.69) is 30.7 Å². The minimum Gasteiger partial charge on any atom is -0.313 e. The highest BCUT2D eigenvalue weighted by atomic mass is 32.1. The topological polar surface area (TPSA) is 86.3 Å². The molecule has 0 aliphatic carbocycles. The lowest BCUT2D eigenvalue weighted by atomic mass is 10.2. The SMILES string of the molecule is Cc1cc(C)n(C(C)c2nnc(Nc3ccn(C(C)c4ncccc4F)n3)s2)n1. The predicted octanol–water partition coefficient (Wildman–Crippen LogP) is 4.04. The van der Waals surface area contributed by atoms with Crippen LogP contribution in [-0.2, 0) is 0 Å². The van der Waals surface area contributed by atoms with Gasteiger partial charge in [0.1, 0.15) is 22.6 Å². The van der Waals surface area contributed by atoms with Gasteiger partial charge in [-0.25, -0.2) is 4.39 Å². The van der Waals surface area contributed by atoms with Crippen molar-refractivity contribution in [1.29, 1.82) is 0 Å². The van der Waals surface area contributed by atoms with Gasteiger partial charge in [0.15, 0.2) is 5.82 Å². The number of rotatable bonds is 6. The number of hydrogen-bond donors (Lipinski definition) is 1. The Bertz CT molecular complexity index is 1130. The first-order valence-electron chi connectivity index (χ1n) is 9.21. The first-order valence-corrected chi connectivity index (χ1v) is 10.0. The van der Waals surface area contributed by atoms with E-state index in [1.807, 2.05) is 44.5 Å². The van der Waals surface area contributed by atoms with Gasteiger partial charge >= 0.3 is 0 Å². The molecule has 150 valence electrons. The molecule has 4 aromatic rings. The molecule has 4 aromatic heterocycles. The first-order chi connectivity index (χ1) is 13.9. The Labute approximate surface area is 171 Å². The fourth-order valence-corrected chi connectivity index (χ4v) is 3.94. The summed E-state index contributed by atoms with van der Waals surface area (Å²) in [6.45, 7) is 7.88. The van der Waals surface area contributed by atoms with Crippen molar-refractivity contribution in [3.05, 3.63) is 64.6 Å². The number of halogens is 1. The molecule has 0 aliphatic rings. The van der Waals surface area contributed by atoms with Crippen LogP contribution in [0.5, 0.6) is 0 Å². The molecule has 0 amide bonds. The van der Waals surface area contributed by atoms with Gasteiger partial charge in [0.2, 0.25) is 5.13 Å². The van der Waals surface area contributed by atoms with E-state index in [0.717, 1.165) is 16.4 Å². The maximum atomic E-state index is 14.0. The molecule has 0 fully saturated rings. The zero-order chi connectivity index (χ0) is 20.5. The van der Waals surface area contributed by atoms with Crippen molar-refractivity contribution in [1.82, 2.24) is 34.7 Å². The summed E-state index contributed by atoms with van der Waals surface area (Å²) in [6.07, 6.45) is 3.35. The van der Waals surface area contributed by atoms with Gasteiger partial charge in [-0.2, -0.15) is 10.2 Å². The van der Waals surface area contributed by atoms with Gasteiger partial charge in [-0.3, -0.25) is 14.3 Å². The maximum absolute atomic E-state index is 14.0. The number of anilines is 2. The summed E-state index contributed by atoms with van der Waals surface area (Å²) in [6, 6.07) is 6.47. The standard InChI is InChI=1S/C19H21FN8S/c1-11-10-12(2)28(25-11)14(4)18-23-24-19(29-18)22-16-7-9-27(26-16)13(3)17-15(20)6-5-8-21-17/h5-10,13-14H,1-4H3,(H,22,24,26). The molecule has 0 aliphatic heterocycles. The fourth-order valence-electron chi connectivity index (χ4n) is 3.16. The Hall–Kier alpha value is -3.14. The quantitative estimate of drug-likeness (QED) is 0.514. The van der Waals surface area contributed by atoms with Crippen molar-refractivity contribution >= 4 is 22.3 Å². The van der Waals surface area contributed by atoms with Crippen molar-refractivity contribution < 1.29 is 4.39 Å². The van der Waals surface area contributed by atoms with E-state index in [1.54, 1.807) is 23.1 Å². The van der Waals surface area contributed by atoms with E-state index in [0.29, 0.717) is 16.6 Å². The lowest BCUT2D eigenvalue weighted by Gasteiger charge is -2.12. The molecule has 0 radical (unpaired) electrons. The minimum absolute atomic E-state index is 0.0125. The molecule has 8 nitrogen and oxygen atoms in total. The monoisotopic (exact) mass is 412 g/mol. The average molecular weight is 412 g/mol. The molecular formula is C19H21FN8S. The summed E-state index contributed by atoms with van der Waals surface area (Å²) < 4.78 is 17.6. The number of nitrogens with zero attached hydrogens (tertiary/aromatic N) is 7. The van der Waals surface area contributed by atoms with Crippen LogP contribution in [0.1, 0.15) is 48.0 Å². The molecule has 29 heavy (non-hydrogen) atoms. The molecule has 0 spiro atoms. The van der Waals surface area contributed by atoms with E-state index < -0.39 is 0 Å². The van der Waals surface area contributed by atoms with Gasteiger partial charge < -0.3 is 5.32 Å². The summed E-state index contributed by atoms with van der Waals surface area (Å²) in [7, 11) is 0. The lowest BCUT2D eigenvalue weighted by Crippen LogP contribution is -2.11. The Balaban J connectivity index is 1.49. The zero-order valence-corrected chi connectivity index (χ0v) is 17.4. The number of pyridine rings is 1. The number of hydrogen-bond acceptors (Lipinski definition) is 7. The molecule has 4 heterocycles. The van der Waals surface area contributed by atoms with E-state index in [9.17, 15) is 4.39 Å². The third-order valence-corrected chi connectivity index (χ3v) is 5.64. The van der Waals surface area contributed by atoms with Gasteiger partial charge in [-0.05, 0) is 45.9 Å². The molecule has 2 unspecified atom stereocenters. The molecule has 0 saturated heterocycles. The molecular weight excluding hydrogens is 391 g/mol. The van der Waals surface area contributed by atoms with Crippen LogP contribution in [0, 0.1) is 19.7 Å². The fraction of sp³-hybridized carbons (Fsp3) is 0.316. The number of aromatic nitrogens is 7. The summed E-state index contributed by atoms with van der Waals surface area (Å²) in [5, 5.41) is 22.1. The van der Waals surface area contributed by atoms with Crippen LogP contribution in [-0.4, -0.2) is 34.7 Å². The second kappa shape index (κ2) is 7.70. The van der Waals surface area contributed by atoms with Crippen molar-refractivity contribution in [2.75, 3.05) is 5.32 Å². The predicted molar refractivity (Wildman–Crippen MR) is 109 cm³/mol. The molecule has 2 atom stereocenters. The highest BCUT2D eigenvalue weighted by Gasteiger charge is 2.18. The molecule has 10 heteroatoms. The zero-order valence-electron chi connectivity index (χ0n) is 16.5. The average Bonchev–Trinajstić information content (AvgIpc) is 3.42. The van der Waals surface area contributed by atoms with E-state index in [-0.39, 0.29) is 17.9 Å². The second-order valence-corrected chi connectivity index (χ2v) is 7.85. The Morgan fingerprint density at radius 1 is 1.10 bits per heavy atom. The number of nitrogens with one attached hydrogen (secondary N) is 1. The van der Waals surface area contributed by atoms with Crippen molar-refractivity contribution in [2.24, 2.45) is 0 Å². The van der Waals surface area contributed by atoms with E-state index in [1.165, 1.54) is 17.4 Å². The van der Waals surface area contributed by atoms with E-state index in [4.69, 9.17) is 0 Å². The van der Waals surface area contributed by atoms with Crippen LogP contribution in [0.4, 0.5) is 15.3 Å². The smallest absolute Gasteiger partial charge is 0.211 e. The Morgan fingerprint density at radius 2 is 1.93 bits per heavy atom. The summed E-state index contributed by atoms with van der Waals surface area (Å²) in [4.78, 5) is 4.12. The van der Waals surface area contributed by atoms with Gasteiger partial charge in [0.25, 0.3) is 0 Å². The second-order valence-electron chi connectivity index (χ2n) is 6.85.